The van der Waals surface area contributed by atoms with Gasteiger partial charge in [0.1, 0.15) is 18.3 Å². The Balaban J connectivity index is 1.86. The largest absolute Gasteiger partial charge is 0.492 e. The van der Waals surface area contributed by atoms with Crippen molar-refractivity contribution in [3.8, 4) is 5.75 Å². The Morgan fingerprint density at radius 2 is 1.49 bits per heavy atom. The lowest BCUT2D eigenvalue weighted by Gasteiger charge is -2.34. The molecule has 0 heterocycles. The Morgan fingerprint density at radius 1 is 0.851 bits per heavy atom. The normalized spacial score (nSPS) is 12.0. The molecule has 0 saturated heterocycles. The van der Waals surface area contributed by atoms with Crippen molar-refractivity contribution in [2.24, 2.45) is 0 Å². The minimum absolute atomic E-state index is 0.0771. The molecule has 4 aromatic carbocycles. The second kappa shape index (κ2) is 16.4. The molecular weight excluding hydrogens is 681 g/mol. The van der Waals surface area contributed by atoms with E-state index in [1.807, 2.05) is 44.2 Å². The summed E-state index contributed by atoms with van der Waals surface area (Å²) >= 11 is 18.8. The highest BCUT2D eigenvalue weighted by Crippen LogP contribution is 2.33. The summed E-state index contributed by atoms with van der Waals surface area (Å²) in [4.78, 5) is 29.8. The number of nitrogens with zero attached hydrogens (tertiary/aromatic N) is 2. The maximum Gasteiger partial charge on any atom is 0.264 e. The highest BCUT2D eigenvalue weighted by molar-refractivity contribution is 7.92. The average molecular weight is 717 g/mol. The summed E-state index contributed by atoms with van der Waals surface area (Å²) in [7, 11) is -4.35. The molecule has 4 rings (SSSR count). The number of hydrogen-bond acceptors (Lipinski definition) is 5. The molecule has 1 N–H and O–H groups in total. The van der Waals surface area contributed by atoms with Crippen molar-refractivity contribution in [1.82, 2.24) is 10.2 Å². The zero-order valence-corrected chi connectivity index (χ0v) is 29.3. The zero-order valence-electron chi connectivity index (χ0n) is 26.2. The first kappa shape index (κ1) is 36.1. The van der Waals surface area contributed by atoms with Crippen LogP contribution >= 0.6 is 34.8 Å². The summed E-state index contributed by atoms with van der Waals surface area (Å²) in [6, 6.07) is 25.1. The molecule has 0 aromatic heterocycles. The van der Waals surface area contributed by atoms with Gasteiger partial charge in [-0.05, 0) is 80.4 Å². The molecule has 0 aliphatic heterocycles. The van der Waals surface area contributed by atoms with Crippen LogP contribution in [0.3, 0.4) is 0 Å². The van der Waals surface area contributed by atoms with Gasteiger partial charge in [-0.25, -0.2) is 8.42 Å². The summed E-state index contributed by atoms with van der Waals surface area (Å²) < 4.78 is 35.4. The maximum absolute atomic E-state index is 14.6. The molecule has 0 bridgehead atoms. The Bertz CT molecular complexity index is 1790. The van der Waals surface area contributed by atoms with E-state index in [1.54, 1.807) is 49.4 Å². The smallest absolute Gasteiger partial charge is 0.264 e. The third-order valence-electron chi connectivity index (χ3n) is 7.17. The predicted molar refractivity (Wildman–Crippen MR) is 188 cm³/mol. The third-order valence-corrected chi connectivity index (χ3v) is 9.78. The maximum atomic E-state index is 14.6. The number of para-hydroxylation sites is 2. The fourth-order valence-corrected chi connectivity index (χ4v) is 6.97. The SMILES string of the molecule is CCOc1ccccc1N(CC(=O)N(Cc1ccc(Cl)cc1Cl)[C@H](Cc1ccccc1)C(=O)NC(C)C)S(=O)(=O)c1ccc(Cl)cc1. The lowest BCUT2D eigenvalue weighted by Crippen LogP contribution is -2.54. The molecule has 0 aliphatic rings. The van der Waals surface area contributed by atoms with Crippen molar-refractivity contribution >= 4 is 62.3 Å². The topological polar surface area (TPSA) is 96.0 Å². The van der Waals surface area contributed by atoms with Gasteiger partial charge in [-0.15, -0.1) is 0 Å². The molecule has 8 nitrogen and oxygen atoms in total. The first-order valence-electron chi connectivity index (χ1n) is 15.0. The summed E-state index contributed by atoms with van der Waals surface area (Å²) in [6.45, 7) is 4.93. The number of benzene rings is 4. The van der Waals surface area contributed by atoms with Gasteiger partial charge >= 0.3 is 0 Å². The zero-order chi connectivity index (χ0) is 34.1. The Hall–Kier alpha value is -3.76. The fraction of sp³-hybridized carbons (Fsp3) is 0.257. The second-order valence-electron chi connectivity index (χ2n) is 11.0. The van der Waals surface area contributed by atoms with E-state index in [0.717, 1.165) is 9.87 Å². The molecule has 2 amide bonds. The first-order valence-corrected chi connectivity index (χ1v) is 17.6. The minimum Gasteiger partial charge on any atom is -0.492 e. The number of anilines is 1. The highest BCUT2D eigenvalue weighted by atomic mass is 35.5. The van der Waals surface area contributed by atoms with E-state index in [0.29, 0.717) is 20.6 Å². The van der Waals surface area contributed by atoms with Gasteiger partial charge in [0.15, 0.2) is 0 Å². The highest BCUT2D eigenvalue weighted by Gasteiger charge is 2.36. The minimum atomic E-state index is -4.35. The van der Waals surface area contributed by atoms with Crippen LogP contribution in [0.2, 0.25) is 15.1 Å². The Kier molecular flexibility index (Phi) is 12.6. The van der Waals surface area contributed by atoms with Gasteiger partial charge in [0.25, 0.3) is 10.0 Å². The Morgan fingerprint density at radius 3 is 2.13 bits per heavy atom. The second-order valence-corrected chi connectivity index (χ2v) is 14.1. The molecule has 0 spiro atoms. The van der Waals surface area contributed by atoms with E-state index in [-0.39, 0.29) is 41.9 Å². The van der Waals surface area contributed by atoms with Gasteiger partial charge in [0.2, 0.25) is 11.8 Å². The van der Waals surface area contributed by atoms with Gasteiger partial charge in [0, 0.05) is 34.1 Å². The van der Waals surface area contributed by atoms with Crippen molar-refractivity contribution in [3.05, 3.63) is 123 Å². The van der Waals surface area contributed by atoms with Gasteiger partial charge in [0.05, 0.1) is 17.2 Å². The third kappa shape index (κ3) is 9.41. The van der Waals surface area contributed by atoms with E-state index in [4.69, 9.17) is 39.5 Å². The number of carbonyl (C=O) groups is 2. The number of hydrogen-bond donors (Lipinski definition) is 1. The van der Waals surface area contributed by atoms with Crippen LogP contribution in [0.1, 0.15) is 31.9 Å². The standard InChI is InChI=1S/C35H36Cl3N3O5S/c1-4-46-33-13-9-8-12-31(33)41(47(44,45)29-18-16-27(36)17-19-29)23-34(42)40(22-26-14-15-28(37)21-30(26)38)32(35(43)39-24(2)3)20-25-10-6-5-7-11-25/h5-19,21,24,32H,4,20,22-23H2,1-3H3,(H,39,43)/t32-/m1/s1. The van der Waals surface area contributed by atoms with Crippen LogP contribution in [0.15, 0.2) is 102 Å². The van der Waals surface area contributed by atoms with Crippen molar-refractivity contribution in [3.63, 3.8) is 0 Å². The number of ether oxygens (including phenoxy) is 1. The Labute approximate surface area is 291 Å². The molecule has 0 saturated carbocycles. The number of halogens is 3. The van der Waals surface area contributed by atoms with E-state index in [9.17, 15) is 18.0 Å². The van der Waals surface area contributed by atoms with Crippen molar-refractivity contribution < 1.29 is 22.7 Å². The van der Waals surface area contributed by atoms with Crippen LogP contribution < -0.4 is 14.4 Å². The fourth-order valence-electron chi connectivity index (χ4n) is 4.96. The summed E-state index contributed by atoms with van der Waals surface area (Å²) in [5, 5.41) is 3.98. The lowest BCUT2D eigenvalue weighted by atomic mass is 10.0. The van der Waals surface area contributed by atoms with E-state index >= 15 is 0 Å². The van der Waals surface area contributed by atoms with Gasteiger partial charge in [-0.1, -0.05) is 83.3 Å². The number of rotatable bonds is 14. The quantitative estimate of drug-likeness (QED) is 0.147. The van der Waals surface area contributed by atoms with Crippen LogP contribution in [0.5, 0.6) is 5.75 Å². The summed E-state index contributed by atoms with van der Waals surface area (Å²) in [5.41, 5.74) is 1.50. The van der Waals surface area contributed by atoms with Crippen LogP contribution in [0.25, 0.3) is 0 Å². The van der Waals surface area contributed by atoms with E-state index in [1.165, 1.54) is 29.2 Å². The molecule has 0 unspecified atom stereocenters. The molecule has 4 aromatic rings. The van der Waals surface area contributed by atoms with E-state index < -0.39 is 34.4 Å². The first-order chi connectivity index (χ1) is 22.4. The molecule has 12 heteroatoms. The molecule has 0 aliphatic carbocycles. The van der Waals surface area contributed by atoms with Crippen molar-refractivity contribution in [2.75, 3.05) is 17.5 Å². The van der Waals surface area contributed by atoms with Gasteiger partial charge in [-0.3, -0.25) is 13.9 Å². The van der Waals surface area contributed by atoms with Gasteiger partial charge < -0.3 is 15.0 Å². The number of nitrogens with one attached hydrogen (secondary N) is 1. The van der Waals surface area contributed by atoms with Crippen molar-refractivity contribution in [1.29, 1.82) is 0 Å². The molecule has 1 atom stereocenters. The van der Waals surface area contributed by atoms with E-state index in [2.05, 4.69) is 5.32 Å². The number of carbonyl (C=O) groups excluding carboxylic acids is 2. The molecule has 47 heavy (non-hydrogen) atoms. The molecule has 0 radical (unpaired) electrons. The van der Waals surface area contributed by atoms with Crippen molar-refractivity contribution in [2.45, 2.75) is 50.7 Å². The van der Waals surface area contributed by atoms with Crippen LogP contribution in [0, 0.1) is 0 Å². The molecule has 248 valence electrons. The summed E-state index contributed by atoms with van der Waals surface area (Å²) in [5.74, 6) is -0.769. The van der Waals surface area contributed by atoms with Crippen LogP contribution in [-0.4, -0.2) is 50.4 Å². The number of amides is 2. The van der Waals surface area contributed by atoms with Crippen LogP contribution in [0.4, 0.5) is 5.69 Å². The average Bonchev–Trinajstić information content (AvgIpc) is 3.03. The van der Waals surface area contributed by atoms with Crippen LogP contribution in [-0.2, 0) is 32.6 Å². The number of sulfonamides is 1. The summed E-state index contributed by atoms with van der Waals surface area (Å²) in [6.07, 6.45) is 0.163. The monoisotopic (exact) mass is 715 g/mol. The predicted octanol–water partition coefficient (Wildman–Crippen LogP) is 7.41. The lowest BCUT2D eigenvalue weighted by molar-refractivity contribution is -0.140. The molecular formula is C35H36Cl3N3O5S. The van der Waals surface area contributed by atoms with Gasteiger partial charge in [-0.2, -0.15) is 0 Å². The molecule has 0 fully saturated rings.